The zero-order valence-corrected chi connectivity index (χ0v) is 12.1. The molecule has 3 nitrogen and oxygen atoms in total. The van der Waals surface area contributed by atoms with E-state index in [1.165, 1.54) is 5.56 Å². The van der Waals surface area contributed by atoms with Crippen LogP contribution < -0.4 is 0 Å². The van der Waals surface area contributed by atoms with E-state index in [0.717, 1.165) is 29.8 Å². The molecule has 0 fully saturated rings. The first-order chi connectivity index (χ1) is 9.04. The molecule has 0 spiro atoms. The molecule has 102 valence electrons. The predicted octanol–water partition coefficient (Wildman–Crippen LogP) is 3.96. The molecule has 0 saturated heterocycles. The lowest BCUT2D eigenvalue weighted by molar-refractivity contribution is 0.442. The van der Waals surface area contributed by atoms with Gasteiger partial charge in [-0.15, -0.1) is 5.10 Å². The summed E-state index contributed by atoms with van der Waals surface area (Å²) < 4.78 is 1.88. The van der Waals surface area contributed by atoms with Crippen LogP contribution in [0.3, 0.4) is 0 Å². The maximum Gasteiger partial charge on any atom is 0.234 e. The van der Waals surface area contributed by atoms with Crippen LogP contribution in [-0.4, -0.2) is 14.9 Å². The van der Waals surface area contributed by atoms with Crippen molar-refractivity contribution in [2.75, 3.05) is 0 Å². The molecule has 2 rings (SSSR count). The van der Waals surface area contributed by atoms with Crippen LogP contribution in [0, 0.1) is 6.92 Å². The van der Waals surface area contributed by atoms with Crippen LogP contribution in [0.2, 0.25) is 0 Å². The Balaban J connectivity index is 2.56. The Labute approximate surface area is 114 Å². The van der Waals surface area contributed by atoms with Crippen molar-refractivity contribution in [1.82, 2.24) is 9.78 Å². The molecule has 0 aliphatic carbocycles. The molecule has 0 atom stereocenters. The summed E-state index contributed by atoms with van der Waals surface area (Å²) in [6, 6.07) is 8.22. The third-order valence-electron chi connectivity index (χ3n) is 3.33. The molecule has 0 aliphatic heterocycles. The Morgan fingerprint density at radius 3 is 2.37 bits per heavy atom. The average Bonchev–Trinajstić information content (AvgIpc) is 2.68. The van der Waals surface area contributed by atoms with E-state index < -0.39 is 0 Å². The lowest BCUT2D eigenvalue weighted by Crippen LogP contribution is -2.05. The van der Waals surface area contributed by atoms with Crippen molar-refractivity contribution in [2.24, 2.45) is 0 Å². The van der Waals surface area contributed by atoms with Crippen LogP contribution in [0.4, 0.5) is 0 Å². The third kappa shape index (κ3) is 2.65. The van der Waals surface area contributed by atoms with E-state index in [0.29, 0.717) is 5.92 Å². The standard InChI is InChI=1S/C16H22N2O/c1-5-6-14-15(11(2)3)18(17-16(14)19)13-9-7-12(4)8-10-13/h7-11H,5-6H2,1-4H3,(H,17,19). The fourth-order valence-electron chi connectivity index (χ4n) is 2.42. The van der Waals surface area contributed by atoms with Gasteiger partial charge in [0, 0.05) is 5.56 Å². The largest absolute Gasteiger partial charge is 0.492 e. The van der Waals surface area contributed by atoms with E-state index in [2.05, 4.69) is 44.9 Å². The molecule has 19 heavy (non-hydrogen) atoms. The normalized spacial score (nSPS) is 11.2. The van der Waals surface area contributed by atoms with Gasteiger partial charge in [0.15, 0.2) is 0 Å². The second kappa shape index (κ2) is 5.47. The van der Waals surface area contributed by atoms with Gasteiger partial charge in [-0.3, -0.25) is 0 Å². The van der Waals surface area contributed by atoms with Crippen molar-refractivity contribution in [3.8, 4) is 11.6 Å². The summed E-state index contributed by atoms with van der Waals surface area (Å²) in [5.41, 5.74) is 4.33. The lowest BCUT2D eigenvalue weighted by atomic mass is 10.0. The number of aromatic nitrogens is 2. The van der Waals surface area contributed by atoms with Crippen LogP contribution in [0.25, 0.3) is 5.69 Å². The molecule has 1 N–H and O–H groups in total. The van der Waals surface area contributed by atoms with Crippen molar-refractivity contribution < 1.29 is 5.11 Å². The number of aryl methyl sites for hydroxylation is 1. The maximum atomic E-state index is 10.1. The van der Waals surface area contributed by atoms with E-state index in [1.54, 1.807) is 0 Å². The monoisotopic (exact) mass is 258 g/mol. The van der Waals surface area contributed by atoms with Gasteiger partial charge in [0.2, 0.25) is 5.88 Å². The lowest BCUT2D eigenvalue weighted by Gasteiger charge is -2.12. The highest BCUT2D eigenvalue weighted by atomic mass is 16.3. The van der Waals surface area contributed by atoms with Crippen molar-refractivity contribution in [3.63, 3.8) is 0 Å². The number of hydrogen-bond donors (Lipinski definition) is 1. The molecule has 3 heteroatoms. The first-order valence-electron chi connectivity index (χ1n) is 6.92. The molecular formula is C16H22N2O. The van der Waals surface area contributed by atoms with Crippen LogP contribution >= 0.6 is 0 Å². The number of aromatic hydroxyl groups is 1. The third-order valence-corrected chi connectivity index (χ3v) is 3.33. The first kappa shape index (κ1) is 13.7. The minimum absolute atomic E-state index is 0.172. The van der Waals surface area contributed by atoms with Crippen molar-refractivity contribution in [1.29, 1.82) is 0 Å². The minimum Gasteiger partial charge on any atom is -0.492 e. The van der Waals surface area contributed by atoms with E-state index in [4.69, 9.17) is 0 Å². The molecule has 0 unspecified atom stereocenters. The van der Waals surface area contributed by atoms with Gasteiger partial charge in [0.1, 0.15) is 0 Å². The fraction of sp³-hybridized carbons (Fsp3) is 0.438. The number of rotatable bonds is 4. The van der Waals surface area contributed by atoms with E-state index in [1.807, 2.05) is 16.8 Å². The zero-order valence-electron chi connectivity index (χ0n) is 12.1. The smallest absolute Gasteiger partial charge is 0.234 e. The van der Waals surface area contributed by atoms with Gasteiger partial charge < -0.3 is 5.11 Å². The Morgan fingerprint density at radius 2 is 1.84 bits per heavy atom. The molecule has 1 aromatic carbocycles. The molecule has 0 radical (unpaired) electrons. The van der Waals surface area contributed by atoms with Gasteiger partial charge in [-0.05, 0) is 31.4 Å². The average molecular weight is 258 g/mol. The molecule has 1 aromatic heterocycles. The number of hydrogen-bond acceptors (Lipinski definition) is 2. The summed E-state index contributed by atoms with van der Waals surface area (Å²) in [6.07, 6.45) is 1.87. The maximum absolute atomic E-state index is 10.1. The Bertz CT molecular complexity index is 553. The van der Waals surface area contributed by atoms with Gasteiger partial charge in [0.05, 0.1) is 11.4 Å². The van der Waals surface area contributed by atoms with E-state index in [9.17, 15) is 5.11 Å². The SMILES string of the molecule is CCCc1c(O)nn(-c2ccc(C)cc2)c1C(C)C. The van der Waals surface area contributed by atoms with Crippen LogP contribution in [-0.2, 0) is 6.42 Å². The van der Waals surface area contributed by atoms with Crippen molar-refractivity contribution in [2.45, 2.75) is 46.5 Å². The quantitative estimate of drug-likeness (QED) is 0.901. The molecular weight excluding hydrogens is 236 g/mol. The Hall–Kier alpha value is -1.77. The van der Waals surface area contributed by atoms with Gasteiger partial charge in [0.25, 0.3) is 0 Å². The van der Waals surface area contributed by atoms with E-state index >= 15 is 0 Å². The van der Waals surface area contributed by atoms with Crippen LogP contribution in [0.5, 0.6) is 5.88 Å². The first-order valence-corrected chi connectivity index (χ1v) is 6.92. The topological polar surface area (TPSA) is 38.1 Å². The van der Waals surface area contributed by atoms with Crippen molar-refractivity contribution in [3.05, 3.63) is 41.1 Å². The van der Waals surface area contributed by atoms with E-state index in [-0.39, 0.29) is 5.88 Å². The summed E-state index contributed by atoms with van der Waals surface area (Å²) in [5, 5.41) is 14.4. The number of benzene rings is 1. The van der Waals surface area contributed by atoms with Gasteiger partial charge in [-0.1, -0.05) is 44.9 Å². The highest BCUT2D eigenvalue weighted by molar-refractivity contribution is 5.42. The Kier molecular flexibility index (Phi) is 3.93. The second-order valence-corrected chi connectivity index (χ2v) is 5.34. The Morgan fingerprint density at radius 1 is 1.21 bits per heavy atom. The summed E-state index contributed by atoms with van der Waals surface area (Å²) >= 11 is 0. The highest BCUT2D eigenvalue weighted by Crippen LogP contribution is 2.30. The summed E-state index contributed by atoms with van der Waals surface area (Å²) in [4.78, 5) is 0. The second-order valence-electron chi connectivity index (χ2n) is 5.34. The fourth-order valence-corrected chi connectivity index (χ4v) is 2.42. The molecule has 2 aromatic rings. The van der Waals surface area contributed by atoms with Crippen LogP contribution in [0.1, 0.15) is 49.9 Å². The van der Waals surface area contributed by atoms with Gasteiger partial charge in [-0.2, -0.15) is 0 Å². The number of nitrogens with zero attached hydrogens (tertiary/aromatic N) is 2. The summed E-state index contributed by atoms with van der Waals surface area (Å²) in [6.45, 7) is 8.46. The molecule has 0 saturated carbocycles. The summed E-state index contributed by atoms with van der Waals surface area (Å²) in [5.74, 6) is 0.502. The minimum atomic E-state index is 0.172. The predicted molar refractivity (Wildman–Crippen MR) is 78.0 cm³/mol. The van der Waals surface area contributed by atoms with Crippen molar-refractivity contribution >= 4 is 0 Å². The zero-order chi connectivity index (χ0) is 14.0. The molecule has 0 amide bonds. The molecule has 0 bridgehead atoms. The van der Waals surface area contributed by atoms with Gasteiger partial charge >= 0.3 is 0 Å². The van der Waals surface area contributed by atoms with Crippen LogP contribution in [0.15, 0.2) is 24.3 Å². The molecule has 0 aliphatic rings. The highest BCUT2D eigenvalue weighted by Gasteiger charge is 2.20. The molecule has 1 heterocycles. The van der Waals surface area contributed by atoms with Gasteiger partial charge in [-0.25, -0.2) is 4.68 Å². The summed E-state index contributed by atoms with van der Waals surface area (Å²) in [7, 11) is 0.